The summed E-state index contributed by atoms with van der Waals surface area (Å²) in [6.07, 6.45) is 0. The second kappa shape index (κ2) is 13.6. The maximum absolute atomic E-state index is 15.0. The van der Waals surface area contributed by atoms with Crippen molar-refractivity contribution in [2.45, 2.75) is 34.7 Å². The maximum Gasteiger partial charge on any atom is 0.534 e. The zero-order chi connectivity index (χ0) is 40.1. The molecule has 4 rings (SSSR count). The van der Waals surface area contributed by atoms with Crippen LogP contribution in [-0.4, -0.2) is 27.9 Å². The summed E-state index contributed by atoms with van der Waals surface area (Å²) >= 11 is 0. The van der Waals surface area contributed by atoms with E-state index in [2.05, 4.69) is 8.37 Å². The van der Waals surface area contributed by atoms with E-state index in [0.29, 0.717) is 84.9 Å². The van der Waals surface area contributed by atoms with E-state index in [4.69, 9.17) is 4.74 Å². The van der Waals surface area contributed by atoms with Crippen LogP contribution in [0.25, 0.3) is 0 Å². The van der Waals surface area contributed by atoms with Gasteiger partial charge in [-0.3, -0.25) is 0 Å². The smallest absolute Gasteiger partial charge is 0.457 e. The molecule has 0 bridgehead atoms. The van der Waals surface area contributed by atoms with Gasteiger partial charge in [-0.25, -0.2) is 0 Å². The molecule has 0 spiro atoms. The van der Waals surface area contributed by atoms with Gasteiger partial charge in [0.1, 0.15) is 23.0 Å². The fourth-order valence-corrected chi connectivity index (χ4v) is 5.06. The van der Waals surface area contributed by atoms with Gasteiger partial charge >= 0.3 is 54.9 Å². The highest BCUT2D eigenvalue weighted by molar-refractivity contribution is 7.88. The Morgan fingerprint density at radius 3 is 0.925 bits per heavy atom. The van der Waals surface area contributed by atoms with Crippen LogP contribution in [0.15, 0.2) is 97.1 Å². The van der Waals surface area contributed by atoms with Crippen molar-refractivity contribution in [1.82, 2.24) is 0 Å². The van der Waals surface area contributed by atoms with Crippen molar-refractivity contribution in [2.24, 2.45) is 0 Å². The third kappa shape index (κ3) is 8.09. The molecule has 0 N–H and O–H groups in total. The average Bonchev–Trinajstić information content (AvgIpc) is 3.04. The molecule has 0 atom stereocenters. The van der Waals surface area contributed by atoms with Crippen molar-refractivity contribution < 1.29 is 91.4 Å². The second-order valence-corrected chi connectivity index (χ2v) is 13.5. The summed E-state index contributed by atoms with van der Waals surface area (Å²) in [5.41, 5.74) is -18.0. The van der Waals surface area contributed by atoms with Gasteiger partial charge in [0.05, 0.1) is 0 Å². The molecule has 0 amide bonds. The number of rotatable bonds is 12. The Morgan fingerprint density at radius 2 is 0.642 bits per heavy atom. The highest BCUT2D eigenvalue weighted by atomic mass is 32.2. The standard InChI is InChI=1S/C30H16F14O7S2/c31-25(32,27(35,36)19-3-1-5-23(15-19)50-52(45,46)29(39,40)41)17-7-11-21(12-8-17)49-22-13-9-18(10-14-22)26(33,34)28(37,38)20-4-2-6-24(16-20)51-53(47,48)30(42,43)44/h1-16H. The number of hydrogen-bond donors (Lipinski definition) is 0. The van der Waals surface area contributed by atoms with Crippen LogP contribution in [0.1, 0.15) is 22.3 Å². The first-order chi connectivity index (χ1) is 24.0. The van der Waals surface area contributed by atoms with Crippen molar-refractivity contribution in [3.05, 3.63) is 119 Å². The first-order valence-corrected chi connectivity index (χ1v) is 16.5. The number of ether oxygens (including phenoxy) is 1. The van der Waals surface area contributed by atoms with E-state index in [-0.39, 0.29) is 12.1 Å². The molecule has 23 heteroatoms. The van der Waals surface area contributed by atoms with Gasteiger partial charge in [-0.1, -0.05) is 24.3 Å². The van der Waals surface area contributed by atoms with Gasteiger partial charge in [-0.2, -0.15) is 78.3 Å². The Bertz CT molecular complexity index is 2010. The van der Waals surface area contributed by atoms with Crippen LogP contribution in [0, 0.1) is 0 Å². The van der Waals surface area contributed by atoms with Crippen molar-refractivity contribution in [3.63, 3.8) is 0 Å². The molecule has 0 aliphatic carbocycles. The molecule has 0 unspecified atom stereocenters. The second-order valence-electron chi connectivity index (χ2n) is 10.5. The minimum absolute atomic E-state index is 0.0471. The van der Waals surface area contributed by atoms with Crippen molar-refractivity contribution in [1.29, 1.82) is 0 Å². The minimum Gasteiger partial charge on any atom is -0.457 e. The number of halogens is 14. The fraction of sp³-hybridized carbons (Fsp3) is 0.200. The summed E-state index contributed by atoms with van der Waals surface area (Å²) in [5, 5.41) is 0. The molecule has 4 aromatic rings. The first-order valence-electron chi connectivity index (χ1n) is 13.7. The molecule has 0 saturated heterocycles. The predicted molar refractivity (Wildman–Crippen MR) is 153 cm³/mol. The number of alkyl halides is 14. The van der Waals surface area contributed by atoms with Crippen LogP contribution in [0.2, 0.25) is 0 Å². The molecule has 4 aromatic carbocycles. The van der Waals surface area contributed by atoms with Crippen molar-refractivity contribution in [3.8, 4) is 23.0 Å². The van der Waals surface area contributed by atoms with E-state index >= 15 is 17.6 Å². The Morgan fingerprint density at radius 1 is 0.358 bits per heavy atom. The molecule has 0 saturated carbocycles. The SMILES string of the molecule is O=S(=O)(Oc1cccc(C(F)(F)C(F)(F)c2ccc(Oc3ccc(C(F)(F)C(F)(F)c4cccc(OS(=O)(=O)C(F)(F)F)c4)cc3)cc2)c1)C(F)(F)F. The summed E-state index contributed by atoms with van der Waals surface area (Å²) in [6.45, 7) is 0. The predicted octanol–water partition coefficient (Wildman–Crippen LogP) is 9.70. The van der Waals surface area contributed by atoms with Crippen molar-refractivity contribution >= 4 is 20.2 Å². The van der Waals surface area contributed by atoms with Gasteiger partial charge in [0.15, 0.2) is 0 Å². The summed E-state index contributed by atoms with van der Waals surface area (Å²) < 4.78 is 253. The van der Waals surface area contributed by atoms with Crippen LogP contribution >= 0.6 is 0 Å². The van der Waals surface area contributed by atoms with Crippen LogP contribution in [0.5, 0.6) is 23.0 Å². The lowest BCUT2D eigenvalue weighted by molar-refractivity contribution is -0.223. The largest absolute Gasteiger partial charge is 0.534 e. The highest BCUT2D eigenvalue weighted by Gasteiger charge is 2.60. The molecule has 0 heterocycles. The molecule has 0 aliphatic heterocycles. The lowest BCUT2D eigenvalue weighted by Gasteiger charge is -2.28. The summed E-state index contributed by atoms with van der Waals surface area (Å²) in [6, 6.07) is 7.10. The third-order valence-electron chi connectivity index (χ3n) is 6.83. The quantitative estimate of drug-likeness (QED) is 0.0799. The molecule has 7 nitrogen and oxygen atoms in total. The molecule has 0 aromatic heterocycles. The first kappa shape index (κ1) is 41.0. The molecule has 288 valence electrons. The molecular weight excluding hydrogens is 802 g/mol. The monoisotopic (exact) mass is 818 g/mol. The Hall–Kier alpha value is -4.80. The molecule has 0 fully saturated rings. The van der Waals surface area contributed by atoms with Gasteiger partial charge in [0, 0.05) is 22.3 Å². The molecule has 53 heavy (non-hydrogen) atoms. The normalized spacial score (nSPS) is 13.8. The summed E-state index contributed by atoms with van der Waals surface area (Å²) in [4.78, 5) is 0. The lowest BCUT2D eigenvalue weighted by atomic mass is 9.95. The van der Waals surface area contributed by atoms with Crippen LogP contribution in [0.4, 0.5) is 61.5 Å². The highest BCUT2D eigenvalue weighted by Crippen LogP contribution is 2.52. The number of benzene rings is 4. The zero-order valence-electron chi connectivity index (χ0n) is 25.2. The van der Waals surface area contributed by atoms with Gasteiger partial charge in [0.25, 0.3) is 0 Å². The fourth-order valence-electron chi connectivity index (χ4n) is 4.16. The maximum atomic E-state index is 15.0. The van der Waals surface area contributed by atoms with Gasteiger partial charge < -0.3 is 13.1 Å². The van der Waals surface area contributed by atoms with Crippen LogP contribution in [0.3, 0.4) is 0 Å². The van der Waals surface area contributed by atoms with E-state index in [9.17, 15) is 60.7 Å². The van der Waals surface area contributed by atoms with E-state index in [1.807, 2.05) is 0 Å². The van der Waals surface area contributed by atoms with E-state index in [0.717, 1.165) is 0 Å². The Kier molecular flexibility index (Phi) is 10.5. The topological polar surface area (TPSA) is 96.0 Å². The molecular formula is C30H16F14O7S2. The van der Waals surface area contributed by atoms with E-state index < -0.39 is 100 Å². The Labute approximate surface area is 288 Å². The summed E-state index contributed by atoms with van der Waals surface area (Å²) in [5.74, 6) is -24.1. The average molecular weight is 819 g/mol. The summed E-state index contributed by atoms with van der Waals surface area (Å²) in [7, 11) is -12.7. The molecule has 0 radical (unpaired) electrons. The minimum atomic E-state index is -6.34. The molecule has 0 aliphatic rings. The zero-order valence-corrected chi connectivity index (χ0v) is 26.8. The Balaban J connectivity index is 1.50. The van der Waals surface area contributed by atoms with Crippen LogP contribution < -0.4 is 13.1 Å². The van der Waals surface area contributed by atoms with Crippen LogP contribution in [-0.2, 0) is 43.9 Å². The van der Waals surface area contributed by atoms with Gasteiger partial charge in [-0.15, -0.1) is 0 Å². The third-order valence-corrected chi connectivity index (χ3v) is 8.79. The van der Waals surface area contributed by atoms with E-state index in [1.165, 1.54) is 0 Å². The van der Waals surface area contributed by atoms with Gasteiger partial charge in [-0.05, 0) is 72.8 Å². The van der Waals surface area contributed by atoms with Gasteiger partial charge in [0.2, 0.25) is 0 Å². The van der Waals surface area contributed by atoms with Crippen molar-refractivity contribution in [2.75, 3.05) is 0 Å². The number of hydrogen-bond acceptors (Lipinski definition) is 7. The van der Waals surface area contributed by atoms with E-state index in [1.54, 1.807) is 0 Å². The lowest BCUT2D eigenvalue weighted by Crippen LogP contribution is -2.35.